The standard InChI is InChI=1S/C12H16ClF3N2/c1-18(2)6-5-17-8-9-3-4-11(13)10(7-9)12(14,15)16/h3-4,7,17H,5-6,8H2,1-2H3. The molecule has 0 aliphatic rings. The molecular formula is C12H16ClF3N2. The third-order valence-corrected chi connectivity index (χ3v) is 2.73. The summed E-state index contributed by atoms with van der Waals surface area (Å²) in [6, 6.07) is 3.97. The SMILES string of the molecule is CN(C)CCNCc1ccc(Cl)c(C(F)(F)F)c1. The Hall–Kier alpha value is -0.780. The molecule has 0 bridgehead atoms. The molecule has 2 nitrogen and oxygen atoms in total. The monoisotopic (exact) mass is 280 g/mol. The first-order valence-electron chi connectivity index (χ1n) is 5.52. The van der Waals surface area contributed by atoms with Gasteiger partial charge in [0.1, 0.15) is 0 Å². The van der Waals surface area contributed by atoms with E-state index in [9.17, 15) is 13.2 Å². The highest BCUT2D eigenvalue weighted by molar-refractivity contribution is 6.31. The maximum atomic E-state index is 12.6. The summed E-state index contributed by atoms with van der Waals surface area (Å²) in [7, 11) is 3.87. The molecule has 6 heteroatoms. The summed E-state index contributed by atoms with van der Waals surface area (Å²) < 4.78 is 37.8. The molecule has 0 fully saturated rings. The summed E-state index contributed by atoms with van der Waals surface area (Å²) in [5.41, 5.74) is -0.207. The quantitative estimate of drug-likeness (QED) is 0.834. The van der Waals surface area contributed by atoms with Gasteiger partial charge in [-0.15, -0.1) is 0 Å². The van der Waals surface area contributed by atoms with E-state index in [4.69, 9.17) is 11.6 Å². The molecule has 102 valence electrons. The Morgan fingerprint density at radius 2 is 1.94 bits per heavy atom. The summed E-state index contributed by atoms with van der Waals surface area (Å²) in [6.07, 6.45) is -4.41. The Morgan fingerprint density at radius 3 is 2.50 bits per heavy atom. The van der Waals surface area contributed by atoms with Crippen LogP contribution in [0.4, 0.5) is 13.2 Å². The van der Waals surface area contributed by atoms with E-state index in [0.29, 0.717) is 12.1 Å². The van der Waals surface area contributed by atoms with Crippen molar-refractivity contribution in [3.05, 3.63) is 34.3 Å². The fourth-order valence-corrected chi connectivity index (χ4v) is 1.66. The Labute approximate surface area is 110 Å². The highest BCUT2D eigenvalue weighted by Crippen LogP contribution is 2.35. The van der Waals surface area contributed by atoms with Crippen molar-refractivity contribution in [2.24, 2.45) is 0 Å². The predicted octanol–water partition coefficient (Wildman–Crippen LogP) is 3.01. The second-order valence-corrected chi connectivity index (χ2v) is 4.70. The predicted molar refractivity (Wildman–Crippen MR) is 66.7 cm³/mol. The third kappa shape index (κ3) is 4.84. The molecule has 0 aromatic heterocycles. The van der Waals surface area contributed by atoms with Crippen molar-refractivity contribution < 1.29 is 13.2 Å². The van der Waals surface area contributed by atoms with Crippen LogP contribution in [0.15, 0.2) is 18.2 Å². The molecule has 1 aromatic carbocycles. The second-order valence-electron chi connectivity index (χ2n) is 4.29. The zero-order valence-corrected chi connectivity index (χ0v) is 11.1. The molecule has 0 heterocycles. The van der Waals surface area contributed by atoms with E-state index in [1.165, 1.54) is 6.07 Å². The Balaban J connectivity index is 2.63. The smallest absolute Gasteiger partial charge is 0.311 e. The number of rotatable bonds is 5. The van der Waals surface area contributed by atoms with Crippen molar-refractivity contribution in [3.8, 4) is 0 Å². The van der Waals surface area contributed by atoms with Gasteiger partial charge in [0.25, 0.3) is 0 Å². The van der Waals surface area contributed by atoms with Gasteiger partial charge in [0, 0.05) is 19.6 Å². The Bertz CT molecular complexity index is 391. The Kier molecular flexibility index (Phi) is 5.44. The zero-order valence-electron chi connectivity index (χ0n) is 10.3. The summed E-state index contributed by atoms with van der Waals surface area (Å²) in [6.45, 7) is 1.95. The summed E-state index contributed by atoms with van der Waals surface area (Å²) >= 11 is 5.54. The molecule has 0 aliphatic carbocycles. The van der Waals surface area contributed by atoms with Gasteiger partial charge in [-0.25, -0.2) is 0 Å². The van der Waals surface area contributed by atoms with Crippen LogP contribution in [0.5, 0.6) is 0 Å². The van der Waals surface area contributed by atoms with Crippen molar-refractivity contribution in [1.29, 1.82) is 0 Å². The van der Waals surface area contributed by atoms with Crippen molar-refractivity contribution in [2.75, 3.05) is 27.2 Å². The van der Waals surface area contributed by atoms with Gasteiger partial charge in [0.2, 0.25) is 0 Å². The van der Waals surface area contributed by atoms with Crippen molar-refractivity contribution in [1.82, 2.24) is 10.2 Å². The first-order chi connectivity index (χ1) is 8.30. The van der Waals surface area contributed by atoms with Gasteiger partial charge < -0.3 is 10.2 Å². The van der Waals surface area contributed by atoms with E-state index >= 15 is 0 Å². The highest BCUT2D eigenvalue weighted by atomic mass is 35.5. The molecule has 0 spiro atoms. The van der Waals surface area contributed by atoms with Gasteiger partial charge in [0.05, 0.1) is 10.6 Å². The van der Waals surface area contributed by atoms with Crippen LogP contribution in [0, 0.1) is 0 Å². The number of benzene rings is 1. The highest BCUT2D eigenvalue weighted by Gasteiger charge is 2.33. The van der Waals surface area contributed by atoms with Crippen LogP contribution >= 0.6 is 11.6 Å². The lowest BCUT2D eigenvalue weighted by Crippen LogP contribution is -2.26. The van der Waals surface area contributed by atoms with Crippen LogP contribution in [0.3, 0.4) is 0 Å². The average molecular weight is 281 g/mol. The first kappa shape index (κ1) is 15.3. The maximum Gasteiger partial charge on any atom is 0.417 e. The molecule has 0 saturated carbocycles. The molecule has 1 aromatic rings. The molecule has 1 N–H and O–H groups in total. The van der Waals surface area contributed by atoms with Crippen molar-refractivity contribution >= 4 is 11.6 Å². The van der Waals surface area contributed by atoms with Gasteiger partial charge >= 0.3 is 6.18 Å². The molecule has 0 aliphatic heterocycles. The van der Waals surface area contributed by atoms with Gasteiger partial charge in [0.15, 0.2) is 0 Å². The lowest BCUT2D eigenvalue weighted by Gasteiger charge is -2.13. The average Bonchev–Trinajstić information content (AvgIpc) is 2.24. The lowest BCUT2D eigenvalue weighted by atomic mass is 10.1. The summed E-state index contributed by atoms with van der Waals surface area (Å²) in [5.74, 6) is 0. The van der Waals surface area contributed by atoms with E-state index in [0.717, 1.165) is 19.2 Å². The van der Waals surface area contributed by atoms with Crippen LogP contribution in [0.1, 0.15) is 11.1 Å². The molecule has 1 rings (SSSR count). The van der Waals surface area contributed by atoms with Gasteiger partial charge in [-0.2, -0.15) is 13.2 Å². The zero-order chi connectivity index (χ0) is 13.8. The van der Waals surface area contributed by atoms with Crippen LogP contribution in [0.25, 0.3) is 0 Å². The number of halogens is 4. The van der Waals surface area contributed by atoms with E-state index in [-0.39, 0.29) is 5.02 Å². The maximum absolute atomic E-state index is 12.6. The first-order valence-corrected chi connectivity index (χ1v) is 5.89. The van der Waals surface area contributed by atoms with Crippen LogP contribution in [0.2, 0.25) is 5.02 Å². The normalized spacial score (nSPS) is 12.2. The molecule has 0 unspecified atom stereocenters. The number of likely N-dealkylation sites (N-methyl/N-ethyl adjacent to an activating group) is 1. The topological polar surface area (TPSA) is 15.3 Å². The minimum absolute atomic E-state index is 0.264. The lowest BCUT2D eigenvalue weighted by molar-refractivity contribution is -0.137. The fourth-order valence-electron chi connectivity index (χ4n) is 1.44. The van der Waals surface area contributed by atoms with Crippen LogP contribution in [-0.4, -0.2) is 32.1 Å². The molecular weight excluding hydrogens is 265 g/mol. The van der Waals surface area contributed by atoms with Gasteiger partial charge in [-0.1, -0.05) is 17.7 Å². The molecule has 18 heavy (non-hydrogen) atoms. The molecule has 0 radical (unpaired) electrons. The second kappa shape index (κ2) is 6.41. The van der Waals surface area contributed by atoms with E-state index < -0.39 is 11.7 Å². The number of hydrogen-bond acceptors (Lipinski definition) is 2. The Morgan fingerprint density at radius 1 is 1.28 bits per heavy atom. The molecule has 0 saturated heterocycles. The third-order valence-electron chi connectivity index (χ3n) is 2.40. The van der Waals surface area contributed by atoms with Gasteiger partial charge in [-0.3, -0.25) is 0 Å². The number of nitrogens with zero attached hydrogens (tertiary/aromatic N) is 1. The van der Waals surface area contributed by atoms with Crippen LogP contribution < -0.4 is 5.32 Å². The van der Waals surface area contributed by atoms with E-state index in [1.54, 1.807) is 6.07 Å². The van der Waals surface area contributed by atoms with E-state index in [1.807, 2.05) is 19.0 Å². The van der Waals surface area contributed by atoms with Gasteiger partial charge in [-0.05, 0) is 31.8 Å². The fraction of sp³-hybridized carbons (Fsp3) is 0.500. The van der Waals surface area contributed by atoms with Crippen LogP contribution in [-0.2, 0) is 12.7 Å². The number of nitrogens with one attached hydrogen (secondary N) is 1. The minimum atomic E-state index is -4.41. The van der Waals surface area contributed by atoms with E-state index in [2.05, 4.69) is 5.32 Å². The number of hydrogen-bond donors (Lipinski definition) is 1. The van der Waals surface area contributed by atoms with Crippen molar-refractivity contribution in [2.45, 2.75) is 12.7 Å². The summed E-state index contributed by atoms with van der Waals surface area (Å²) in [5, 5.41) is 2.81. The summed E-state index contributed by atoms with van der Waals surface area (Å²) in [4.78, 5) is 2.00. The largest absolute Gasteiger partial charge is 0.417 e. The minimum Gasteiger partial charge on any atom is -0.311 e. The van der Waals surface area contributed by atoms with Crippen molar-refractivity contribution in [3.63, 3.8) is 0 Å². The number of alkyl halides is 3. The molecule has 0 atom stereocenters. The molecule has 0 amide bonds.